The lowest BCUT2D eigenvalue weighted by Crippen LogP contribution is -2.34. The SMILES string of the molecule is O=C(c1cccnc1)n1c(=O)[nH]c(=O)c2cc(Cc3ccccc3C(F)(F)F)sc21. The van der Waals surface area contributed by atoms with Gasteiger partial charge in [-0.3, -0.25) is 19.6 Å². The van der Waals surface area contributed by atoms with E-state index >= 15 is 0 Å². The van der Waals surface area contributed by atoms with Gasteiger partial charge in [-0.25, -0.2) is 9.36 Å². The molecule has 0 atom stereocenters. The van der Waals surface area contributed by atoms with Crippen LogP contribution in [-0.4, -0.2) is 20.4 Å². The Bertz CT molecular complexity index is 1370. The molecule has 3 heterocycles. The van der Waals surface area contributed by atoms with E-state index in [9.17, 15) is 27.6 Å². The van der Waals surface area contributed by atoms with Crippen molar-refractivity contribution >= 4 is 27.5 Å². The zero-order chi connectivity index (χ0) is 21.5. The van der Waals surface area contributed by atoms with Gasteiger partial charge in [-0.15, -0.1) is 11.3 Å². The quantitative estimate of drug-likeness (QED) is 0.539. The van der Waals surface area contributed by atoms with Gasteiger partial charge >= 0.3 is 11.9 Å². The molecule has 0 bridgehead atoms. The molecule has 1 aromatic carbocycles. The molecular weight excluding hydrogens is 419 g/mol. The van der Waals surface area contributed by atoms with E-state index in [0.29, 0.717) is 4.88 Å². The Kier molecular flexibility index (Phi) is 4.86. The van der Waals surface area contributed by atoms with Crippen LogP contribution in [0.5, 0.6) is 0 Å². The molecule has 0 fully saturated rings. The molecule has 0 spiro atoms. The molecule has 0 aliphatic carbocycles. The third-order valence-corrected chi connectivity index (χ3v) is 5.55. The number of nitrogens with one attached hydrogen (secondary N) is 1. The minimum absolute atomic E-state index is 0.0282. The minimum Gasteiger partial charge on any atom is -0.273 e. The Balaban J connectivity index is 1.85. The maximum absolute atomic E-state index is 13.3. The van der Waals surface area contributed by atoms with Gasteiger partial charge in [0.1, 0.15) is 4.83 Å². The van der Waals surface area contributed by atoms with Crippen LogP contribution in [0.4, 0.5) is 13.2 Å². The average molecular weight is 431 g/mol. The summed E-state index contributed by atoms with van der Waals surface area (Å²) in [4.78, 5) is 43.8. The molecule has 6 nitrogen and oxygen atoms in total. The van der Waals surface area contributed by atoms with Crippen molar-refractivity contribution in [3.05, 3.63) is 97.3 Å². The van der Waals surface area contributed by atoms with Crippen LogP contribution >= 0.6 is 11.3 Å². The molecule has 0 aliphatic heterocycles. The lowest BCUT2D eigenvalue weighted by Gasteiger charge is -2.11. The fourth-order valence-corrected chi connectivity index (χ4v) is 4.27. The van der Waals surface area contributed by atoms with Crippen molar-refractivity contribution in [1.29, 1.82) is 0 Å². The number of aromatic nitrogens is 3. The number of nitrogens with zero attached hydrogens (tertiary/aromatic N) is 2. The molecule has 30 heavy (non-hydrogen) atoms. The number of pyridine rings is 1. The van der Waals surface area contributed by atoms with Crippen LogP contribution in [0.1, 0.15) is 26.4 Å². The minimum atomic E-state index is -4.52. The van der Waals surface area contributed by atoms with Crippen LogP contribution in [-0.2, 0) is 12.6 Å². The van der Waals surface area contributed by atoms with Crippen molar-refractivity contribution in [3.63, 3.8) is 0 Å². The first kappa shape index (κ1) is 19.8. The Morgan fingerprint density at radius 2 is 1.90 bits per heavy atom. The smallest absolute Gasteiger partial charge is 0.273 e. The zero-order valence-corrected chi connectivity index (χ0v) is 15.9. The van der Waals surface area contributed by atoms with E-state index in [1.165, 1.54) is 48.8 Å². The van der Waals surface area contributed by atoms with E-state index in [1.807, 2.05) is 0 Å². The number of carbonyl (C=O) groups excluding carboxylic acids is 1. The van der Waals surface area contributed by atoms with E-state index in [4.69, 9.17) is 0 Å². The maximum atomic E-state index is 13.3. The average Bonchev–Trinajstić information content (AvgIpc) is 3.12. The largest absolute Gasteiger partial charge is 0.416 e. The molecule has 10 heteroatoms. The summed E-state index contributed by atoms with van der Waals surface area (Å²) in [5.74, 6) is -0.696. The Labute approximate surface area is 170 Å². The Morgan fingerprint density at radius 1 is 1.13 bits per heavy atom. The van der Waals surface area contributed by atoms with Crippen LogP contribution in [0.25, 0.3) is 10.2 Å². The van der Waals surface area contributed by atoms with Crippen molar-refractivity contribution in [1.82, 2.24) is 14.5 Å². The predicted molar refractivity (Wildman–Crippen MR) is 105 cm³/mol. The number of halogens is 3. The summed E-state index contributed by atoms with van der Waals surface area (Å²) >= 11 is 0.924. The van der Waals surface area contributed by atoms with Crippen molar-refractivity contribution in [2.75, 3.05) is 0 Å². The lowest BCUT2D eigenvalue weighted by molar-refractivity contribution is -0.138. The van der Waals surface area contributed by atoms with Crippen molar-refractivity contribution in [2.24, 2.45) is 0 Å². The highest BCUT2D eigenvalue weighted by molar-refractivity contribution is 7.18. The van der Waals surface area contributed by atoms with Crippen LogP contribution in [0.15, 0.2) is 64.4 Å². The lowest BCUT2D eigenvalue weighted by atomic mass is 10.0. The number of benzene rings is 1. The highest BCUT2D eigenvalue weighted by atomic mass is 32.1. The van der Waals surface area contributed by atoms with E-state index in [1.54, 1.807) is 0 Å². The molecule has 0 saturated heterocycles. The van der Waals surface area contributed by atoms with E-state index in [-0.39, 0.29) is 27.8 Å². The number of alkyl halides is 3. The number of carbonyl (C=O) groups is 1. The fraction of sp³-hybridized carbons (Fsp3) is 0.100. The second kappa shape index (κ2) is 7.38. The van der Waals surface area contributed by atoms with E-state index < -0.39 is 28.9 Å². The maximum Gasteiger partial charge on any atom is 0.416 e. The monoisotopic (exact) mass is 431 g/mol. The summed E-state index contributed by atoms with van der Waals surface area (Å²) in [5, 5.41) is 0.0522. The number of fused-ring (bicyclic) bond motifs is 1. The summed E-state index contributed by atoms with van der Waals surface area (Å²) in [6, 6.07) is 9.52. The first-order chi connectivity index (χ1) is 14.3. The molecule has 0 unspecified atom stereocenters. The highest BCUT2D eigenvalue weighted by Gasteiger charge is 2.33. The molecule has 3 aromatic heterocycles. The van der Waals surface area contributed by atoms with Gasteiger partial charge in [-0.2, -0.15) is 13.2 Å². The van der Waals surface area contributed by atoms with Gasteiger partial charge < -0.3 is 0 Å². The normalized spacial score (nSPS) is 11.7. The summed E-state index contributed by atoms with van der Waals surface area (Å²) in [6.45, 7) is 0. The molecule has 0 aliphatic rings. The number of hydrogen-bond donors (Lipinski definition) is 1. The molecule has 0 radical (unpaired) electrons. The number of thiophene rings is 1. The van der Waals surface area contributed by atoms with Gasteiger partial charge in [0.15, 0.2) is 0 Å². The molecular formula is C20H12F3N3O3S. The van der Waals surface area contributed by atoms with Gasteiger partial charge in [-0.05, 0) is 29.8 Å². The summed E-state index contributed by atoms with van der Waals surface area (Å²) in [6.07, 6.45) is -1.89. The number of H-pyrrole nitrogens is 1. The molecule has 4 rings (SSSR count). The van der Waals surface area contributed by atoms with Crippen LogP contribution in [0.3, 0.4) is 0 Å². The van der Waals surface area contributed by atoms with Gasteiger partial charge in [0.2, 0.25) is 0 Å². The van der Waals surface area contributed by atoms with Crippen LogP contribution < -0.4 is 11.2 Å². The van der Waals surface area contributed by atoms with E-state index in [0.717, 1.165) is 22.0 Å². The zero-order valence-electron chi connectivity index (χ0n) is 15.1. The van der Waals surface area contributed by atoms with Gasteiger partial charge in [0.05, 0.1) is 16.5 Å². The van der Waals surface area contributed by atoms with Crippen LogP contribution in [0.2, 0.25) is 0 Å². The molecule has 152 valence electrons. The van der Waals surface area contributed by atoms with Crippen LogP contribution in [0, 0.1) is 0 Å². The topological polar surface area (TPSA) is 84.8 Å². The van der Waals surface area contributed by atoms with Crippen molar-refractivity contribution < 1.29 is 18.0 Å². The first-order valence-corrected chi connectivity index (χ1v) is 9.45. The Morgan fingerprint density at radius 3 is 2.60 bits per heavy atom. The molecule has 1 N–H and O–H groups in total. The Hall–Kier alpha value is -3.53. The second-order valence-corrected chi connectivity index (χ2v) is 7.52. The van der Waals surface area contributed by atoms with E-state index in [2.05, 4.69) is 9.97 Å². The third kappa shape index (κ3) is 3.57. The molecule has 0 saturated carbocycles. The first-order valence-electron chi connectivity index (χ1n) is 8.63. The predicted octanol–water partition coefficient (Wildman–Crippen LogP) is 3.44. The number of hydrogen-bond acceptors (Lipinski definition) is 5. The van der Waals surface area contributed by atoms with Gasteiger partial charge in [-0.1, -0.05) is 18.2 Å². The number of rotatable bonds is 3. The molecule has 4 aromatic rings. The third-order valence-electron chi connectivity index (χ3n) is 4.43. The summed E-state index contributed by atoms with van der Waals surface area (Å²) in [5.41, 5.74) is -2.26. The standard InChI is InChI=1S/C20H12F3N3O3S/c21-20(22,23)15-6-2-1-4-11(15)8-13-9-14-16(27)25-19(29)26(18(14)30-13)17(28)12-5-3-7-24-10-12/h1-7,9-10H,8H2,(H,25,27,29). The number of aromatic amines is 1. The highest BCUT2D eigenvalue weighted by Crippen LogP contribution is 2.34. The van der Waals surface area contributed by atoms with Gasteiger partial charge in [0, 0.05) is 23.7 Å². The fourth-order valence-electron chi connectivity index (χ4n) is 3.10. The second-order valence-electron chi connectivity index (χ2n) is 6.40. The summed E-state index contributed by atoms with van der Waals surface area (Å²) < 4.78 is 40.7. The summed E-state index contributed by atoms with van der Waals surface area (Å²) in [7, 11) is 0. The van der Waals surface area contributed by atoms with Gasteiger partial charge in [0.25, 0.3) is 11.5 Å². The van der Waals surface area contributed by atoms with Crippen molar-refractivity contribution in [2.45, 2.75) is 12.6 Å². The molecule has 0 amide bonds. The van der Waals surface area contributed by atoms with Crippen molar-refractivity contribution in [3.8, 4) is 0 Å².